The number of ether oxygens (including phenoxy) is 2. The minimum Gasteiger partial charge on any atom is -0.449 e. The minimum atomic E-state index is -0.889. The average molecular weight is 383 g/mol. The van der Waals surface area contributed by atoms with Crippen molar-refractivity contribution in [2.75, 3.05) is 0 Å². The van der Waals surface area contributed by atoms with Crippen LogP contribution in [0.15, 0.2) is 48.5 Å². The second-order valence-corrected chi connectivity index (χ2v) is 7.48. The molecule has 0 saturated carbocycles. The third-order valence-corrected chi connectivity index (χ3v) is 3.72. The average Bonchev–Trinajstić information content (AvgIpc) is 2.60. The highest BCUT2D eigenvalue weighted by molar-refractivity contribution is 5.92. The Morgan fingerprint density at radius 3 is 1.86 bits per heavy atom. The monoisotopic (exact) mass is 383 g/mol. The number of esters is 2. The maximum atomic E-state index is 12.3. The van der Waals surface area contributed by atoms with Gasteiger partial charge in [-0.25, -0.2) is 4.79 Å². The lowest BCUT2D eigenvalue weighted by atomic mass is 10.0. The van der Waals surface area contributed by atoms with Gasteiger partial charge in [-0.3, -0.25) is 9.59 Å². The van der Waals surface area contributed by atoms with Gasteiger partial charge in [-0.2, -0.15) is 0 Å². The minimum absolute atomic E-state index is 0.342. The number of carbonyl (C=O) groups excluding carboxylic acids is 3. The fraction of sp³-hybridized carbons (Fsp3) is 0.318. The van der Waals surface area contributed by atoms with Gasteiger partial charge in [0.15, 0.2) is 6.10 Å². The summed E-state index contributed by atoms with van der Waals surface area (Å²) in [7, 11) is 0. The van der Waals surface area contributed by atoms with Gasteiger partial charge < -0.3 is 14.8 Å². The van der Waals surface area contributed by atoms with Crippen molar-refractivity contribution in [3.8, 4) is 16.9 Å². The van der Waals surface area contributed by atoms with Gasteiger partial charge in [0.1, 0.15) is 5.75 Å². The number of hydrogen-bond acceptors (Lipinski definition) is 5. The Morgan fingerprint density at radius 1 is 0.893 bits per heavy atom. The number of hydrogen-bond donors (Lipinski definition) is 1. The molecular weight excluding hydrogens is 358 g/mol. The van der Waals surface area contributed by atoms with Crippen molar-refractivity contribution < 1.29 is 23.9 Å². The van der Waals surface area contributed by atoms with Gasteiger partial charge in [-0.05, 0) is 63.1 Å². The van der Waals surface area contributed by atoms with Crippen molar-refractivity contribution in [1.29, 1.82) is 0 Å². The summed E-state index contributed by atoms with van der Waals surface area (Å²) in [6, 6.07) is 13.9. The van der Waals surface area contributed by atoms with Gasteiger partial charge in [0.05, 0.1) is 5.56 Å². The molecule has 2 aromatic carbocycles. The van der Waals surface area contributed by atoms with E-state index >= 15 is 0 Å². The van der Waals surface area contributed by atoms with E-state index in [1.807, 2.05) is 32.9 Å². The van der Waals surface area contributed by atoms with Gasteiger partial charge in [0.25, 0.3) is 5.91 Å². The molecule has 2 rings (SSSR count). The third kappa shape index (κ3) is 6.23. The summed E-state index contributed by atoms with van der Waals surface area (Å²) in [6.45, 7) is 8.46. The topological polar surface area (TPSA) is 81.7 Å². The first-order chi connectivity index (χ1) is 13.0. The predicted molar refractivity (Wildman–Crippen MR) is 106 cm³/mol. The normalized spacial score (nSPS) is 12.0. The third-order valence-electron chi connectivity index (χ3n) is 3.72. The molecule has 148 valence electrons. The van der Waals surface area contributed by atoms with Crippen molar-refractivity contribution in [3.05, 3.63) is 54.1 Å². The first-order valence-electron chi connectivity index (χ1n) is 8.97. The van der Waals surface area contributed by atoms with Crippen LogP contribution >= 0.6 is 0 Å². The maximum absolute atomic E-state index is 12.3. The quantitative estimate of drug-likeness (QED) is 0.628. The molecule has 0 radical (unpaired) electrons. The van der Waals surface area contributed by atoms with Crippen molar-refractivity contribution in [3.63, 3.8) is 0 Å². The fourth-order valence-corrected chi connectivity index (χ4v) is 2.43. The maximum Gasteiger partial charge on any atom is 0.338 e. The van der Waals surface area contributed by atoms with Crippen LogP contribution in [-0.4, -0.2) is 29.5 Å². The van der Waals surface area contributed by atoms with E-state index in [1.54, 1.807) is 36.4 Å². The van der Waals surface area contributed by atoms with Crippen LogP contribution in [0.5, 0.6) is 5.75 Å². The summed E-state index contributed by atoms with van der Waals surface area (Å²) in [5, 5.41) is 2.78. The molecule has 0 heterocycles. The van der Waals surface area contributed by atoms with E-state index in [0.717, 1.165) is 11.1 Å². The highest BCUT2D eigenvalue weighted by atomic mass is 16.5. The summed E-state index contributed by atoms with van der Waals surface area (Å²) < 4.78 is 10.3. The summed E-state index contributed by atoms with van der Waals surface area (Å²) in [4.78, 5) is 35.3. The molecule has 2 aromatic rings. The standard InChI is InChI=1S/C22H25NO5/c1-14(20(25)23-22(3,4)5)27-21(26)18-8-6-16(7-9-18)17-10-12-19(13-11-17)28-15(2)24/h6-14H,1-5H3,(H,23,25)/t14-/m0/s1. The van der Waals surface area contributed by atoms with Gasteiger partial charge in [-0.1, -0.05) is 24.3 Å². The lowest BCUT2D eigenvalue weighted by Crippen LogP contribution is -2.46. The highest BCUT2D eigenvalue weighted by Gasteiger charge is 2.22. The zero-order chi connectivity index (χ0) is 20.9. The summed E-state index contributed by atoms with van der Waals surface area (Å²) in [5.41, 5.74) is 1.76. The van der Waals surface area contributed by atoms with Crippen LogP contribution < -0.4 is 10.1 Å². The van der Waals surface area contributed by atoms with E-state index in [-0.39, 0.29) is 11.9 Å². The predicted octanol–water partition coefficient (Wildman–Crippen LogP) is 3.74. The Balaban J connectivity index is 2.02. The summed E-state index contributed by atoms with van der Waals surface area (Å²) in [6.07, 6.45) is -0.889. The van der Waals surface area contributed by atoms with E-state index in [9.17, 15) is 14.4 Å². The molecule has 1 N–H and O–H groups in total. The molecule has 6 nitrogen and oxygen atoms in total. The SMILES string of the molecule is CC(=O)Oc1ccc(-c2ccc(C(=O)O[C@@H](C)C(=O)NC(C)(C)C)cc2)cc1. The molecule has 0 aliphatic carbocycles. The van der Waals surface area contributed by atoms with Crippen molar-refractivity contribution >= 4 is 17.8 Å². The highest BCUT2D eigenvalue weighted by Crippen LogP contribution is 2.23. The van der Waals surface area contributed by atoms with Crippen LogP contribution in [0.25, 0.3) is 11.1 Å². The van der Waals surface area contributed by atoms with Gasteiger partial charge in [-0.15, -0.1) is 0 Å². The van der Waals surface area contributed by atoms with Crippen LogP contribution in [0.4, 0.5) is 0 Å². The summed E-state index contributed by atoms with van der Waals surface area (Å²) in [5.74, 6) is -0.807. The number of amides is 1. The van der Waals surface area contributed by atoms with Crippen molar-refractivity contribution in [1.82, 2.24) is 5.32 Å². The first-order valence-corrected chi connectivity index (χ1v) is 8.97. The Morgan fingerprint density at radius 2 is 1.39 bits per heavy atom. The van der Waals surface area contributed by atoms with E-state index in [4.69, 9.17) is 9.47 Å². The second kappa shape index (κ2) is 8.69. The van der Waals surface area contributed by atoms with E-state index in [2.05, 4.69) is 5.32 Å². The molecule has 0 spiro atoms. The first kappa shape index (κ1) is 21.2. The Hall–Kier alpha value is -3.15. The molecule has 0 unspecified atom stereocenters. The fourth-order valence-electron chi connectivity index (χ4n) is 2.43. The molecule has 6 heteroatoms. The largest absolute Gasteiger partial charge is 0.449 e. The molecule has 1 amide bonds. The Kier molecular flexibility index (Phi) is 6.57. The molecule has 0 aromatic heterocycles. The van der Waals surface area contributed by atoms with Gasteiger partial charge in [0, 0.05) is 12.5 Å². The lowest BCUT2D eigenvalue weighted by molar-refractivity contribution is -0.132. The Labute approximate surface area is 164 Å². The molecular formula is C22H25NO5. The second-order valence-electron chi connectivity index (χ2n) is 7.48. The molecule has 28 heavy (non-hydrogen) atoms. The van der Waals surface area contributed by atoms with Crippen molar-refractivity contribution in [2.45, 2.75) is 46.3 Å². The number of benzene rings is 2. The number of carbonyl (C=O) groups is 3. The van der Waals surface area contributed by atoms with Crippen LogP contribution in [0.3, 0.4) is 0 Å². The molecule has 1 atom stereocenters. The van der Waals surface area contributed by atoms with Gasteiger partial charge >= 0.3 is 11.9 Å². The van der Waals surface area contributed by atoms with Crippen molar-refractivity contribution in [2.24, 2.45) is 0 Å². The van der Waals surface area contributed by atoms with Crippen LogP contribution in [-0.2, 0) is 14.3 Å². The zero-order valence-corrected chi connectivity index (χ0v) is 16.7. The molecule has 0 aliphatic heterocycles. The molecule has 0 saturated heterocycles. The van der Waals surface area contributed by atoms with Crippen LogP contribution in [0.1, 0.15) is 45.0 Å². The molecule has 0 aliphatic rings. The van der Waals surface area contributed by atoms with E-state index < -0.39 is 17.6 Å². The number of nitrogens with one attached hydrogen (secondary N) is 1. The zero-order valence-electron chi connectivity index (χ0n) is 16.7. The number of rotatable bonds is 5. The smallest absolute Gasteiger partial charge is 0.338 e. The summed E-state index contributed by atoms with van der Waals surface area (Å²) >= 11 is 0. The molecule has 0 bridgehead atoms. The Bertz CT molecular complexity index is 848. The van der Waals surface area contributed by atoms with Gasteiger partial charge in [0.2, 0.25) is 0 Å². The van der Waals surface area contributed by atoms with Crippen LogP contribution in [0.2, 0.25) is 0 Å². The lowest BCUT2D eigenvalue weighted by Gasteiger charge is -2.23. The van der Waals surface area contributed by atoms with Crippen LogP contribution in [0, 0.1) is 0 Å². The van der Waals surface area contributed by atoms with E-state index in [0.29, 0.717) is 11.3 Å². The van der Waals surface area contributed by atoms with E-state index in [1.165, 1.54) is 13.8 Å². The molecule has 0 fully saturated rings.